The van der Waals surface area contributed by atoms with E-state index < -0.39 is 0 Å². The second kappa shape index (κ2) is 10.8. The quantitative estimate of drug-likeness (QED) is 0.395. The van der Waals surface area contributed by atoms with Gasteiger partial charge < -0.3 is 20.7 Å². The Hall–Kier alpha value is -0.860. The predicted molar refractivity (Wildman–Crippen MR) is 108 cm³/mol. The Kier molecular flexibility index (Phi) is 9.50. The third kappa shape index (κ3) is 6.64. The first kappa shape index (κ1) is 20.2. The largest absolute Gasteiger partial charge is 0.383 e. The summed E-state index contributed by atoms with van der Waals surface area (Å²) in [6.07, 6.45) is 4.85. The van der Waals surface area contributed by atoms with Crippen LogP contribution in [0.25, 0.3) is 0 Å². The lowest BCUT2D eigenvalue weighted by atomic mass is 9.90. The van der Waals surface area contributed by atoms with Gasteiger partial charge in [0.25, 0.3) is 0 Å². The van der Waals surface area contributed by atoms with Crippen LogP contribution in [0.5, 0.6) is 0 Å². The number of rotatable bonds is 7. The van der Waals surface area contributed by atoms with Crippen molar-refractivity contribution in [2.24, 2.45) is 10.7 Å². The van der Waals surface area contributed by atoms with Gasteiger partial charge in [-0.15, -0.1) is 24.0 Å². The molecule has 0 aromatic heterocycles. The molecule has 0 saturated heterocycles. The number of nitrogens with zero attached hydrogens (tertiary/aromatic N) is 2. The van der Waals surface area contributed by atoms with Crippen molar-refractivity contribution < 1.29 is 4.74 Å². The van der Waals surface area contributed by atoms with Gasteiger partial charge in [0.2, 0.25) is 0 Å². The molecule has 3 N–H and O–H groups in total. The molecular formula is C17H29IN4O. The fourth-order valence-corrected chi connectivity index (χ4v) is 2.78. The van der Waals surface area contributed by atoms with E-state index in [-0.39, 0.29) is 24.0 Å². The van der Waals surface area contributed by atoms with Crippen LogP contribution in [0.15, 0.2) is 23.2 Å². The van der Waals surface area contributed by atoms with E-state index in [1.54, 1.807) is 7.11 Å². The van der Waals surface area contributed by atoms with E-state index in [1.807, 2.05) is 0 Å². The predicted octanol–water partition coefficient (Wildman–Crippen LogP) is 2.49. The average molecular weight is 432 g/mol. The number of aryl methyl sites for hydroxylation is 1. The average Bonchev–Trinajstić information content (AvgIpc) is 2.53. The molecule has 0 unspecified atom stereocenters. The third-order valence-electron chi connectivity index (χ3n) is 4.10. The first-order valence-corrected chi connectivity index (χ1v) is 8.06. The summed E-state index contributed by atoms with van der Waals surface area (Å²) in [5.41, 5.74) is 9.99. The van der Waals surface area contributed by atoms with Gasteiger partial charge in [0.1, 0.15) is 0 Å². The Morgan fingerprint density at radius 3 is 2.87 bits per heavy atom. The van der Waals surface area contributed by atoms with E-state index in [2.05, 4.69) is 40.5 Å². The van der Waals surface area contributed by atoms with Gasteiger partial charge in [0.15, 0.2) is 5.96 Å². The smallest absolute Gasteiger partial charge is 0.193 e. The van der Waals surface area contributed by atoms with Gasteiger partial charge in [-0.1, -0.05) is 12.1 Å². The van der Waals surface area contributed by atoms with Crippen molar-refractivity contribution in [2.75, 3.05) is 45.7 Å². The third-order valence-corrected chi connectivity index (χ3v) is 4.10. The lowest BCUT2D eigenvalue weighted by Crippen LogP contribution is -2.28. The number of nitrogens with one attached hydrogen (secondary N) is 1. The van der Waals surface area contributed by atoms with Crippen LogP contribution in [-0.4, -0.2) is 51.3 Å². The number of halogens is 1. The molecule has 0 spiro atoms. The number of methoxy groups -OCH3 is 1. The van der Waals surface area contributed by atoms with Crippen LogP contribution in [0.2, 0.25) is 0 Å². The topological polar surface area (TPSA) is 62.9 Å². The van der Waals surface area contributed by atoms with E-state index in [4.69, 9.17) is 10.5 Å². The normalized spacial score (nSPS) is 14.3. The van der Waals surface area contributed by atoms with Crippen LogP contribution < -0.4 is 11.1 Å². The second-order valence-electron chi connectivity index (χ2n) is 5.84. The summed E-state index contributed by atoms with van der Waals surface area (Å²) >= 11 is 0. The highest BCUT2D eigenvalue weighted by Crippen LogP contribution is 2.27. The van der Waals surface area contributed by atoms with Crippen molar-refractivity contribution in [1.82, 2.24) is 4.90 Å². The molecular weight excluding hydrogens is 403 g/mol. The van der Waals surface area contributed by atoms with Crippen molar-refractivity contribution in [3.63, 3.8) is 0 Å². The number of ether oxygens (including phenoxy) is 1. The summed E-state index contributed by atoms with van der Waals surface area (Å²) in [5, 5.41) is 3.27. The molecule has 6 heteroatoms. The summed E-state index contributed by atoms with van der Waals surface area (Å²) in [4.78, 5) is 6.60. The zero-order valence-corrected chi connectivity index (χ0v) is 16.5. The fourth-order valence-electron chi connectivity index (χ4n) is 2.78. The maximum atomic E-state index is 6.02. The van der Waals surface area contributed by atoms with Crippen LogP contribution >= 0.6 is 24.0 Å². The summed E-state index contributed by atoms with van der Waals surface area (Å²) < 4.78 is 5.06. The van der Waals surface area contributed by atoms with E-state index in [0.717, 1.165) is 31.8 Å². The van der Waals surface area contributed by atoms with Crippen LogP contribution in [0.1, 0.15) is 24.0 Å². The zero-order chi connectivity index (χ0) is 15.8. The number of fused-ring (bicyclic) bond motifs is 1. The Morgan fingerprint density at radius 2 is 2.09 bits per heavy atom. The van der Waals surface area contributed by atoms with Gasteiger partial charge in [-0.2, -0.15) is 0 Å². The molecule has 130 valence electrons. The first-order valence-electron chi connectivity index (χ1n) is 8.06. The Balaban J connectivity index is 0.00000264. The summed E-state index contributed by atoms with van der Waals surface area (Å²) in [6.45, 7) is 3.21. The molecule has 0 radical (unpaired) electrons. The number of hydrogen-bond donors (Lipinski definition) is 2. The maximum absolute atomic E-state index is 6.02. The molecule has 0 atom stereocenters. The number of anilines is 1. The highest BCUT2D eigenvalue weighted by molar-refractivity contribution is 14.0. The van der Waals surface area contributed by atoms with E-state index >= 15 is 0 Å². The SMILES string of the molecule is COCCN(C)CCN=C(N)Nc1cccc2c1CCCC2.I. The molecule has 5 nitrogen and oxygen atoms in total. The van der Waals surface area contributed by atoms with Gasteiger partial charge in [0.05, 0.1) is 13.2 Å². The molecule has 23 heavy (non-hydrogen) atoms. The van der Waals surface area contributed by atoms with E-state index in [9.17, 15) is 0 Å². The summed E-state index contributed by atoms with van der Waals surface area (Å²) in [7, 11) is 3.78. The van der Waals surface area contributed by atoms with Gasteiger partial charge in [-0.25, -0.2) is 0 Å². The molecule has 0 bridgehead atoms. The van der Waals surface area contributed by atoms with Crippen molar-refractivity contribution in [3.8, 4) is 0 Å². The summed E-state index contributed by atoms with van der Waals surface area (Å²) in [6, 6.07) is 6.41. The zero-order valence-electron chi connectivity index (χ0n) is 14.2. The van der Waals surface area contributed by atoms with Gasteiger partial charge in [0, 0.05) is 25.9 Å². The van der Waals surface area contributed by atoms with E-state index in [0.29, 0.717) is 12.5 Å². The number of hydrogen-bond acceptors (Lipinski definition) is 3. The minimum absolute atomic E-state index is 0. The number of benzene rings is 1. The van der Waals surface area contributed by atoms with Crippen molar-refractivity contribution in [3.05, 3.63) is 29.3 Å². The lowest BCUT2D eigenvalue weighted by Gasteiger charge is -2.20. The number of aliphatic imine (C=N–C) groups is 1. The van der Waals surface area contributed by atoms with Crippen molar-refractivity contribution in [2.45, 2.75) is 25.7 Å². The van der Waals surface area contributed by atoms with Gasteiger partial charge in [-0.05, 0) is 49.9 Å². The second-order valence-corrected chi connectivity index (χ2v) is 5.84. The highest BCUT2D eigenvalue weighted by atomic mass is 127. The van der Waals surface area contributed by atoms with Gasteiger partial charge >= 0.3 is 0 Å². The molecule has 0 saturated carbocycles. The molecule has 0 heterocycles. The molecule has 1 aromatic carbocycles. The molecule has 1 aliphatic rings. The van der Waals surface area contributed by atoms with Crippen molar-refractivity contribution >= 4 is 35.6 Å². The summed E-state index contributed by atoms with van der Waals surface area (Å²) in [5.74, 6) is 0.499. The first-order chi connectivity index (χ1) is 10.7. The van der Waals surface area contributed by atoms with E-state index in [1.165, 1.54) is 30.4 Å². The molecule has 1 aromatic rings. The molecule has 0 amide bonds. The minimum Gasteiger partial charge on any atom is -0.383 e. The Morgan fingerprint density at radius 1 is 1.30 bits per heavy atom. The highest BCUT2D eigenvalue weighted by Gasteiger charge is 2.13. The van der Waals surface area contributed by atoms with Crippen LogP contribution in [0, 0.1) is 0 Å². The maximum Gasteiger partial charge on any atom is 0.193 e. The molecule has 1 aliphatic carbocycles. The molecule has 0 fully saturated rings. The number of likely N-dealkylation sites (N-methyl/N-ethyl adjacent to an activating group) is 1. The standard InChI is InChI=1S/C17H28N4O.HI/c1-21(12-13-22-2)11-10-19-17(18)20-16-9-5-7-14-6-3-4-8-15(14)16;/h5,7,9H,3-4,6,8,10-13H2,1-2H3,(H3,18,19,20);1H. The van der Waals surface area contributed by atoms with Crippen molar-refractivity contribution in [1.29, 1.82) is 0 Å². The number of guanidine groups is 1. The van der Waals surface area contributed by atoms with Crippen LogP contribution in [0.3, 0.4) is 0 Å². The Bertz CT molecular complexity index is 507. The van der Waals surface area contributed by atoms with Crippen LogP contribution in [0.4, 0.5) is 5.69 Å². The molecule has 2 rings (SSSR count). The number of nitrogens with two attached hydrogens (primary N) is 1. The molecule has 0 aliphatic heterocycles. The fraction of sp³-hybridized carbons (Fsp3) is 0.588. The van der Waals surface area contributed by atoms with Crippen LogP contribution in [-0.2, 0) is 17.6 Å². The monoisotopic (exact) mass is 432 g/mol. The lowest BCUT2D eigenvalue weighted by molar-refractivity contribution is 0.163. The van der Waals surface area contributed by atoms with Gasteiger partial charge in [-0.3, -0.25) is 4.99 Å². The Labute approximate surface area is 156 Å². The minimum atomic E-state index is 0.